The molecule has 1 rings (SSSR count). The van der Waals surface area contributed by atoms with E-state index in [1.54, 1.807) is 0 Å². The Morgan fingerprint density at radius 3 is 2.39 bits per heavy atom. The van der Waals surface area contributed by atoms with Crippen LogP contribution in [0.4, 0.5) is 0 Å². The summed E-state index contributed by atoms with van der Waals surface area (Å²) in [5, 5.41) is 9.03. The predicted octanol–water partition coefficient (Wildman–Crippen LogP) is 2.68. The van der Waals surface area contributed by atoms with Gasteiger partial charge in [-0.2, -0.15) is 0 Å². The third-order valence-corrected chi connectivity index (χ3v) is 3.07. The topological polar surface area (TPSA) is 55.5 Å². The number of benzene rings is 1. The minimum absolute atomic E-state index is 0.0100. The zero-order valence-corrected chi connectivity index (χ0v) is 11.6. The fourth-order valence-corrected chi connectivity index (χ4v) is 1.69. The molecular formula is C15H25NO2. The van der Waals surface area contributed by atoms with E-state index in [1.165, 1.54) is 5.56 Å². The first kappa shape index (κ1) is 15.0. The molecular weight excluding hydrogens is 226 g/mol. The van der Waals surface area contributed by atoms with Gasteiger partial charge >= 0.3 is 0 Å². The van der Waals surface area contributed by atoms with Crippen LogP contribution in [0.25, 0.3) is 0 Å². The minimum atomic E-state index is -0.495. The summed E-state index contributed by atoms with van der Waals surface area (Å²) >= 11 is 0. The Balaban J connectivity index is 2.32. The van der Waals surface area contributed by atoms with Crippen LogP contribution < -0.4 is 10.5 Å². The quantitative estimate of drug-likeness (QED) is 0.733. The van der Waals surface area contributed by atoms with Crippen LogP contribution in [0.15, 0.2) is 24.3 Å². The molecule has 0 bridgehead atoms. The van der Waals surface area contributed by atoms with Crippen molar-refractivity contribution >= 4 is 0 Å². The summed E-state index contributed by atoms with van der Waals surface area (Å²) < 4.78 is 5.64. The molecule has 0 saturated carbocycles. The molecule has 0 saturated heterocycles. The monoisotopic (exact) mass is 251 g/mol. The molecule has 0 aromatic heterocycles. The average molecular weight is 251 g/mol. The van der Waals surface area contributed by atoms with Crippen molar-refractivity contribution in [3.05, 3.63) is 29.8 Å². The zero-order chi connectivity index (χ0) is 13.6. The van der Waals surface area contributed by atoms with E-state index >= 15 is 0 Å². The molecule has 0 heterocycles. The van der Waals surface area contributed by atoms with Crippen LogP contribution in [0.1, 0.15) is 45.1 Å². The van der Waals surface area contributed by atoms with Crippen molar-refractivity contribution in [1.29, 1.82) is 0 Å². The van der Waals surface area contributed by atoms with E-state index in [-0.39, 0.29) is 6.61 Å². The van der Waals surface area contributed by atoms with E-state index in [9.17, 15) is 0 Å². The fourth-order valence-electron chi connectivity index (χ4n) is 1.69. The summed E-state index contributed by atoms with van der Waals surface area (Å²) in [4.78, 5) is 0. The normalized spacial score (nSPS) is 14.6. The third-order valence-electron chi connectivity index (χ3n) is 3.07. The highest BCUT2D eigenvalue weighted by Gasteiger charge is 2.15. The van der Waals surface area contributed by atoms with Crippen molar-refractivity contribution in [3.63, 3.8) is 0 Å². The standard InChI is InChI=1S/C15H25NO2/c1-12(2)13-5-7-14(8-6-13)18-10-4-9-15(3,16)11-17/h5-8,12,17H,4,9-11,16H2,1-3H3. The molecule has 102 valence electrons. The van der Waals surface area contributed by atoms with Crippen LogP contribution in [0.5, 0.6) is 5.75 Å². The van der Waals surface area contributed by atoms with Crippen LogP contribution in [-0.4, -0.2) is 23.9 Å². The van der Waals surface area contributed by atoms with E-state index in [2.05, 4.69) is 26.0 Å². The van der Waals surface area contributed by atoms with Gasteiger partial charge in [-0.25, -0.2) is 0 Å². The number of hydrogen-bond acceptors (Lipinski definition) is 3. The first-order chi connectivity index (χ1) is 8.44. The van der Waals surface area contributed by atoms with Crippen molar-refractivity contribution in [3.8, 4) is 5.75 Å². The van der Waals surface area contributed by atoms with Gasteiger partial charge in [0.15, 0.2) is 0 Å². The number of nitrogens with two attached hydrogens (primary N) is 1. The summed E-state index contributed by atoms with van der Waals surface area (Å²) in [6.07, 6.45) is 1.60. The molecule has 3 heteroatoms. The highest BCUT2D eigenvalue weighted by molar-refractivity contribution is 5.28. The lowest BCUT2D eigenvalue weighted by atomic mass is 9.99. The Labute approximate surface area is 110 Å². The lowest BCUT2D eigenvalue weighted by Gasteiger charge is -2.21. The molecule has 0 aliphatic heterocycles. The summed E-state index contributed by atoms with van der Waals surface area (Å²) in [5.74, 6) is 1.43. The van der Waals surface area contributed by atoms with Crippen molar-refractivity contribution in [2.75, 3.05) is 13.2 Å². The van der Waals surface area contributed by atoms with Crippen LogP contribution in [0.3, 0.4) is 0 Å². The molecule has 0 fully saturated rings. The van der Waals surface area contributed by atoms with Gasteiger partial charge in [-0.3, -0.25) is 0 Å². The smallest absolute Gasteiger partial charge is 0.119 e. The van der Waals surface area contributed by atoms with E-state index in [0.29, 0.717) is 12.5 Å². The predicted molar refractivity (Wildman–Crippen MR) is 74.9 cm³/mol. The van der Waals surface area contributed by atoms with Crippen molar-refractivity contribution in [2.45, 2.75) is 45.1 Å². The van der Waals surface area contributed by atoms with Gasteiger partial charge in [-0.1, -0.05) is 26.0 Å². The van der Waals surface area contributed by atoms with Gasteiger partial charge in [0.25, 0.3) is 0 Å². The molecule has 3 nitrogen and oxygen atoms in total. The lowest BCUT2D eigenvalue weighted by Crippen LogP contribution is -2.40. The van der Waals surface area contributed by atoms with E-state index in [1.807, 2.05) is 19.1 Å². The maximum atomic E-state index is 9.03. The van der Waals surface area contributed by atoms with Crippen molar-refractivity contribution in [2.24, 2.45) is 5.73 Å². The maximum Gasteiger partial charge on any atom is 0.119 e. The summed E-state index contributed by atoms with van der Waals surface area (Å²) in [5.41, 5.74) is 6.66. The molecule has 0 radical (unpaired) electrons. The van der Waals surface area contributed by atoms with Gasteiger partial charge in [0.1, 0.15) is 5.75 Å². The summed E-state index contributed by atoms with van der Waals surface area (Å²) in [7, 11) is 0. The molecule has 1 aromatic carbocycles. The van der Waals surface area contributed by atoms with E-state index in [4.69, 9.17) is 15.6 Å². The molecule has 1 aromatic rings. The molecule has 0 aliphatic rings. The summed E-state index contributed by atoms with van der Waals surface area (Å²) in [6.45, 7) is 6.84. The minimum Gasteiger partial charge on any atom is -0.494 e. The summed E-state index contributed by atoms with van der Waals surface area (Å²) in [6, 6.07) is 8.20. The number of ether oxygens (including phenoxy) is 1. The SMILES string of the molecule is CC(C)c1ccc(OCCCC(C)(N)CO)cc1. The number of aliphatic hydroxyl groups is 1. The molecule has 1 unspecified atom stereocenters. The molecule has 3 N–H and O–H groups in total. The first-order valence-corrected chi connectivity index (χ1v) is 6.57. The van der Waals surface area contributed by atoms with Crippen LogP contribution in [0.2, 0.25) is 0 Å². The Morgan fingerprint density at radius 1 is 1.28 bits per heavy atom. The Kier molecular flexibility index (Phi) is 5.63. The van der Waals surface area contributed by atoms with Gasteiger partial charge in [0, 0.05) is 5.54 Å². The van der Waals surface area contributed by atoms with Crippen molar-refractivity contribution < 1.29 is 9.84 Å². The second kappa shape index (κ2) is 6.76. The van der Waals surface area contributed by atoms with Gasteiger partial charge in [0.05, 0.1) is 13.2 Å². The largest absolute Gasteiger partial charge is 0.494 e. The second-order valence-corrected chi connectivity index (χ2v) is 5.49. The van der Waals surface area contributed by atoms with Gasteiger partial charge < -0.3 is 15.6 Å². The van der Waals surface area contributed by atoms with Crippen LogP contribution in [-0.2, 0) is 0 Å². The number of rotatable bonds is 7. The van der Waals surface area contributed by atoms with Crippen molar-refractivity contribution in [1.82, 2.24) is 0 Å². The first-order valence-electron chi connectivity index (χ1n) is 6.57. The maximum absolute atomic E-state index is 9.03. The Bertz CT molecular complexity index is 344. The highest BCUT2D eigenvalue weighted by atomic mass is 16.5. The van der Waals surface area contributed by atoms with Gasteiger partial charge in [-0.05, 0) is 43.4 Å². The molecule has 0 spiro atoms. The Morgan fingerprint density at radius 2 is 1.89 bits per heavy atom. The van der Waals surface area contributed by atoms with Gasteiger partial charge in [-0.15, -0.1) is 0 Å². The van der Waals surface area contributed by atoms with Crippen LogP contribution in [0, 0.1) is 0 Å². The van der Waals surface area contributed by atoms with E-state index < -0.39 is 5.54 Å². The molecule has 1 atom stereocenters. The van der Waals surface area contributed by atoms with E-state index in [0.717, 1.165) is 18.6 Å². The van der Waals surface area contributed by atoms with Crippen LogP contribution >= 0.6 is 0 Å². The highest BCUT2D eigenvalue weighted by Crippen LogP contribution is 2.19. The number of hydrogen-bond donors (Lipinski definition) is 2. The fraction of sp³-hybridized carbons (Fsp3) is 0.600. The average Bonchev–Trinajstić information content (AvgIpc) is 2.35. The lowest BCUT2D eigenvalue weighted by molar-refractivity contribution is 0.188. The number of aliphatic hydroxyl groups excluding tert-OH is 1. The third kappa shape index (κ3) is 5.07. The Hall–Kier alpha value is -1.06. The molecule has 0 amide bonds. The van der Waals surface area contributed by atoms with Gasteiger partial charge in [0.2, 0.25) is 0 Å². The zero-order valence-electron chi connectivity index (χ0n) is 11.6. The second-order valence-electron chi connectivity index (χ2n) is 5.49. The molecule has 0 aliphatic carbocycles. The molecule has 18 heavy (non-hydrogen) atoms.